The predicted octanol–water partition coefficient (Wildman–Crippen LogP) is 1.20. The molecule has 9 heteroatoms. The summed E-state index contributed by atoms with van der Waals surface area (Å²) < 4.78 is 8.38. The van der Waals surface area contributed by atoms with Crippen LogP contribution in [0.4, 0.5) is 5.95 Å². The Hall–Kier alpha value is -2.13. The second-order valence-electron chi connectivity index (χ2n) is 7.06. The Balaban J connectivity index is 2.31. The Morgan fingerprint density at radius 1 is 1.26 bits per heavy atom. The van der Waals surface area contributed by atoms with Crippen LogP contribution in [0.25, 0.3) is 11.2 Å². The van der Waals surface area contributed by atoms with Gasteiger partial charge in [-0.2, -0.15) is 4.98 Å². The molecule has 152 valence electrons. The second kappa shape index (κ2) is 9.70. The first-order valence-corrected chi connectivity index (χ1v) is 9.58. The molecule has 0 fully saturated rings. The van der Waals surface area contributed by atoms with E-state index < -0.39 is 17.4 Å². The van der Waals surface area contributed by atoms with E-state index in [0.717, 1.165) is 25.7 Å². The zero-order valence-electron chi connectivity index (χ0n) is 16.6. The number of anilines is 1. The summed E-state index contributed by atoms with van der Waals surface area (Å²) in [5, 5.41) is 13.6. The van der Waals surface area contributed by atoms with E-state index in [4.69, 9.17) is 4.74 Å². The van der Waals surface area contributed by atoms with E-state index >= 15 is 0 Å². The van der Waals surface area contributed by atoms with E-state index in [1.807, 2.05) is 13.8 Å². The molecule has 27 heavy (non-hydrogen) atoms. The lowest BCUT2D eigenvalue weighted by Crippen LogP contribution is -2.30. The van der Waals surface area contributed by atoms with Crippen LogP contribution in [0.1, 0.15) is 46.5 Å². The minimum absolute atomic E-state index is 0.000401. The van der Waals surface area contributed by atoms with Crippen LogP contribution >= 0.6 is 0 Å². The van der Waals surface area contributed by atoms with Crippen LogP contribution in [0.2, 0.25) is 0 Å². The average Bonchev–Trinajstić information content (AvgIpc) is 2.97. The van der Waals surface area contributed by atoms with Gasteiger partial charge in [0.25, 0.3) is 5.56 Å². The molecule has 0 unspecified atom stereocenters. The van der Waals surface area contributed by atoms with Gasteiger partial charge in [-0.15, -0.1) is 0 Å². The zero-order chi connectivity index (χ0) is 20.0. The van der Waals surface area contributed by atoms with Crippen molar-refractivity contribution >= 4 is 17.1 Å². The number of aliphatic hydroxyl groups is 1. The quantitative estimate of drug-likeness (QED) is 0.504. The van der Waals surface area contributed by atoms with Crippen molar-refractivity contribution in [3.63, 3.8) is 0 Å². The topological polar surface area (TPSA) is 114 Å². The van der Waals surface area contributed by atoms with E-state index in [0.29, 0.717) is 12.5 Å². The lowest BCUT2D eigenvalue weighted by atomic mass is 10.2. The van der Waals surface area contributed by atoms with Crippen molar-refractivity contribution in [3.05, 3.63) is 20.8 Å². The summed E-state index contributed by atoms with van der Waals surface area (Å²) >= 11 is 0. The van der Waals surface area contributed by atoms with Gasteiger partial charge in [0.1, 0.15) is 0 Å². The molecule has 0 bridgehead atoms. The first kappa shape index (κ1) is 21.2. The molecule has 2 heterocycles. The minimum atomic E-state index is -0.804. The zero-order valence-corrected chi connectivity index (χ0v) is 16.6. The molecule has 1 atom stereocenters. The van der Waals surface area contributed by atoms with Crippen molar-refractivity contribution in [1.82, 2.24) is 19.1 Å². The predicted molar refractivity (Wildman–Crippen MR) is 105 cm³/mol. The van der Waals surface area contributed by atoms with Crippen LogP contribution in [-0.2, 0) is 18.3 Å². The highest BCUT2D eigenvalue weighted by molar-refractivity contribution is 5.74. The average molecular weight is 381 g/mol. The van der Waals surface area contributed by atoms with Crippen LogP contribution in [0.3, 0.4) is 0 Å². The largest absolute Gasteiger partial charge is 0.389 e. The van der Waals surface area contributed by atoms with Gasteiger partial charge in [-0.3, -0.25) is 14.3 Å². The lowest BCUT2D eigenvalue weighted by molar-refractivity contribution is -0.000106. The number of fused-ring (bicyclic) bond motifs is 1. The summed E-state index contributed by atoms with van der Waals surface area (Å²) in [6.45, 7) is 6.93. The standard InChI is InChI=1S/C18H31N5O4/c1-5-6-7-8-9-19-17-20-15-14(16(25)21-18(26)22(15)4)23(17)10-13(24)11-27-12(2)3/h12-13,24H,5-11H2,1-4H3,(H,19,20)(H,21,25,26)/t13-/m0/s1. The number of hydrogen-bond donors (Lipinski definition) is 3. The number of aromatic nitrogens is 4. The molecule has 0 aliphatic carbocycles. The van der Waals surface area contributed by atoms with Gasteiger partial charge in [0.2, 0.25) is 5.95 Å². The molecule has 2 aromatic heterocycles. The number of aromatic amines is 1. The Labute approximate surface area is 158 Å². The first-order chi connectivity index (χ1) is 12.8. The molecule has 0 saturated heterocycles. The molecule has 9 nitrogen and oxygen atoms in total. The third-order valence-corrected chi connectivity index (χ3v) is 4.34. The van der Waals surface area contributed by atoms with Gasteiger partial charge in [-0.25, -0.2) is 4.79 Å². The third kappa shape index (κ3) is 5.43. The number of imidazole rings is 1. The molecular weight excluding hydrogens is 350 g/mol. The highest BCUT2D eigenvalue weighted by Crippen LogP contribution is 2.16. The Morgan fingerprint density at radius 2 is 2.00 bits per heavy atom. The van der Waals surface area contributed by atoms with E-state index in [1.165, 1.54) is 4.57 Å². The number of aliphatic hydroxyl groups excluding tert-OH is 1. The van der Waals surface area contributed by atoms with Gasteiger partial charge < -0.3 is 19.7 Å². The van der Waals surface area contributed by atoms with E-state index in [1.54, 1.807) is 11.6 Å². The summed E-state index contributed by atoms with van der Waals surface area (Å²) in [7, 11) is 1.56. The molecule has 0 aliphatic heterocycles. The number of ether oxygens (including phenoxy) is 1. The fraction of sp³-hybridized carbons (Fsp3) is 0.722. The molecule has 0 saturated carbocycles. The molecule has 0 radical (unpaired) electrons. The minimum Gasteiger partial charge on any atom is -0.389 e. The lowest BCUT2D eigenvalue weighted by Gasteiger charge is -2.16. The molecule has 2 rings (SSSR count). The maximum absolute atomic E-state index is 12.4. The molecular formula is C18H31N5O4. The van der Waals surface area contributed by atoms with Crippen LogP contribution in [-0.4, -0.2) is 49.6 Å². The highest BCUT2D eigenvalue weighted by Gasteiger charge is 2.19. The second-order valence-corrected chi connectivity index (χ2v) is 7.06. The number of unbranched alkanes of at least 4 members (excludes halogenated alkanes) is 3. The summed E-state index contributed by atoms with van der Waals surface area (Å²) in [6.07, 6.45) is 3.59. The molecule has 0 aliphatic rings. The van der Waals surface area contributed by atoms with E-state index in [9.17, 15) is 14.7 Å². The van der Waals surface area contributed by atoms with E-state index in [2.05, 4.69) is 22.2 Å². The van der Waals surface area contributed by atoms with Gasteiger partial charge in [0, 0.05) is 13.6 Å². The highest BCUT2D eigenvalue weighted by atomic mass is 16.5. The van der Waals surface area contributed by atoms with Crippen molar-refractivity contribution in [2.75, 3.05) is 18.5 Å². The molecule has 0 aromatic carbocycles. The summed E-state index contributed by atoms with van der Waals surface area (Å²) in [4.78, 5) is 31.0. The van der Waals surface area contributed by atoms with Crippen molar-refractivity contribution in [3.8, 4) is 0 Å². The van der Waals surface area contributed by atoms with E-state index in [-0.39, 0.29) is 30.4 Å². The van der Waals surface area contributed by atoms with Crippen molar-refractivity contribution in [1.29, 1.82) is 0 Å². The molecule has 0 amide bonds. The van der Waals surface area contributed by atoms with Crippen molar-refractivity contribution in [2.45, 2.75) is 65.2 Å². The molecule has 3 N–H and O–H groups in total. The Morgan fingerprint density at radius 3 is 2.67 bits per heavy atom. The third-order valence-electron chi connectivity index (χ3n) is 4.34. The number of rotatable bonds is 11. The Bertz CT molecular complexity index is 852. The van der Waals surface area contributed by atoms with Crippen LogP contribution < -0.4 is 16.6 Å². The SMILES string of the molecule is CCCCCCNc1nc2c(c(=O)[nH]c(=O)n2C)n1C[C@H](O)COC(C)C. The maximum atomic E-state index is 12.4. The summed E-state index contributed by atoms with van der Waals surface area (Å²) in [5.41, 5.74) is -0.486. The fourth-order valence-corrected chi connectivity index (χ4v) is 2.87. The number of hydrogen-bond acceptors (Lipinski definition) is 6. The number of aryl methyl sites for hydroxylation is 1. The smallest absolute Gasteiger partial charge is 0.329 e. The Kier molecular flexibility index (Phi) is 7.61. The number of nitrogens with one attached hydrogen (secondary N) is 2. The van der Waals surface area contributed by atoms with Crippen LogP contribution in [0.15, 0.2) is 9.59 Å². The van der Waals surface area contributed by atoms with Gasteiger partial charge >= 0.3 is 5.69 Å². The number of H-pyrrole nitrogens is 1. The normalized spacial score (nSPS) is 12.8. The number of nitrogens with zero attached hydrogens (tertiary/aromatic N) is 3. The van der Waals surface area contributed by atoms with Gasteiger partial charge in [0.05, 0.1) is 25.4 Å². The van der Waals surface area contributed by atoms with Crippen molar-refractivity contribution < 1.29 is 9.84 Å². The fourth-order valence-electron chi connectivity index (χ4n) is 2.87. The van der Waals surface area contributed by atoms with Gasteiger partial charge in [-0.1, -0.05) is 26.2 Å². The summed E-state index contributed by atoms with van der Waals surface area (Å²) in [6, 6.07) is 0. The summed E-state index contributed by atoms with van der Waals surface area (Å²) in [5.74, 6) is 0.469. The first-order valence-electron chi connectivity index (χ1n) is 9.58. The maximum Gasteiger partial charge on any atom is 0.329 e. The van der Waals surface area contributed by atoms with Gasteiger partial charge in [-0.05, 0) is 20.3 Å². The molecule has 2 aromatic rings. The van der Waals surface area contributed by atoms with Crippen molar-refractivity contribution in [2.24, 2.45) is 7.05 Å². The monoisotopic (exact) mass is 381 g/mol. The molecule has 0 spiro atoms. The van der Waals surface area contributed by atoms with Crippen LogP contribution in [0.5, 0.6) is 0 Å². The van der Waals surface area contributed by atoms with Crippen LogP contribution in [0, 0.1) is 0 Å². The van der Waals surface area contributed by atoms with Gasteiger partial charge in [0.15, 0.2) is 11.2 Å².